The molecule has 0 N–H and O–H groups in total. The zero-order valence-electron chi connectivity index (χ0n) is 16.3. The Hall–Kier alpha value is -3.57. The molecule has 8 heteroatoms. The monoisotopic (exact) mass is 422 g/mol. The van der Waals surface area contributed by atoms with E-state index in [1.807, 2.05) is 12.1 Å². The van der Waals surface area contributed by atoms with Crippen LogP contribution in [0.5, 0.6) is 5.75 Å². The number of hydrogen-bond acceptors (Lipinski definition) is 7. The maximum absolute atomic E-state index is 12.5. The number of esters is 1. The van der Waals surface area contributed by atoms with E-state index in [2.05, 4.69) is 10.8 Å². The van der Waals surface area contributed by atoms with Crippen LogP contribution in [0.2, 0.25) is 0 Å². The van der Waals surface area contributed by atoms with Crippen LogP contribution in [0.1, 0.15) is 23.6 Å². The summed E-state index contributed by atoms with van der Waals surface area (Å²) in [7, 11) is 1.20. The van der Waals surface area contributed by atoms with Gasteiger partial charge in [-0.2, -0.15) is 5.26 Å². The van der Waals surface area contributed by atoms with Crippen LogP contribution >= 0.6 is 11.8 Å². The van der Waals surface area contributed by atoms with E-state index in [1.54, 1.807) is 42.5 Å². The Morgan fingerprint density at radius 2 is 1.90 bits per heavy atom. The summed E-state index contributed by atoms with van der Waals surface area (Å²) in [5, 5.41) is 8.62. The molecule has 1 fully saturated rings. The maximum atomic E-state index is 12.5. The van der Waals surface area contributed by atoms with Crippen LogP contribution in [0, 0.1) is 11.3 Å². The molecule has 1 heterocycles. The van der Waals surface area contributed by atoms with Crippen molar-refractivity contribution in [2.45, 2.75) is 19.6 Å². The highest BCUT2D eigenvalue weighted by Gasteiger charge is 2.41. The van der Waals surface area contributed by atoms with Gasteiger partial charge < -0.3 is 9.47 Å². The summed E-state index contributed by atoms with van der Waals surface area (Å²) < 4.78 is 10.3. The molecule has 2 aromatic rings. The van der Waals surface area contributed by atoms with Crippen molar-refractivity contribution in [1.82, 2.24) is 4.90 Å². The minimum Gasteiger partial charge on any atom is -0.489 e. The number of carbonyl (C=O) groups is 3. The van der Waals surface area contributed by atoms with E-state index in [9.17, 15) is 14.4 Å². The lowest BCUT2D eigenvalue weighted by molar-refractivity contribution is -0.148. The van der Waals surface area contributed by atoms with Crippen molar-refractivity contribution in [3.8, 4) is 11.8 Å². The molecule has 0 aliphatic carbocycles. The van der Waals surface area contributed by atoms with Crippen molar-refractivity contribution >= 4 is 35.0 Å². The highest BCUT2D eigenvalue weighted by Crippen LogP contribution is 2.34. The number of nitrogens with zero attached hydrogens (tertiary/aromatic N) is 2. The van der Waals surface area contributed by atoms with E-state index in [4.69, 9.17) is 10.00 Å². The first-order valence-corrected chi connectivity index (χ1v) is 9.82. The van der Waals surface area contributed by atoms with Gasteiger partial charge in [-0.25, -0.2) is 4.79 Å². The number of ether oxygens (including phenoxy) is 2. The van der Waals surface area contributed by atoms with Gasteiger partial charge in [-0.3, -0.25) is 14.5 Å². The zero-order valence-corrected chi connectivity index (χ0v) is 17.1. The SMILES string of the molecule is COC(=O)[C@H](C)N1C(=O)S/C(=C/c2ccc(OCc3ccccc3C#N)cc2)C1=O. The Labute approximate surface area is 177 Å². The first kappa shape index (κ1) is 21.1. The summed E-state index contributed by atoms with van der Waals surface area (Å²) >= 11 is 0.778. The van der Waals surface area contributed by atoms with Gasteiger partial charge in [0.25, 0.3) is 11.1 Å². The quantitative estimate of drug-likeness (QED) is 0.517. The molecule has 1 atom stereocenters. The number of imide groups is 1. The van der Waals surface area contributed by atoms with Crippen LogP contribution in [0.3, 0.4) is 0 Å². The smallest absolute Gasteiger partial charge is 0.328 e. The van der Waals surface area contributed by atoms with Crippen LogP contribution in [-0.4, -0.2) is 35.2 Å². The number of rotatable bonds is 6. The molecule has 0 saturated carbocycles. The van der Waals surface area contributed by atoms with E-state index >= 15 is 0 Å². The number of thioether (sulfide) groups is 1. The van der Waals surface area contributed by atoms with E-state index in [-0.39, 0.29) is 11.5 Å². The van der Waals surface area contributed by atoms with Crippen molar-refractivity contribution in [2.75, 3.05) is 7.11 Å². The summed E-state index contributed by atoms with van der Waals surface area (Å²) in [6.45, 7) is 1.70. The fourth-order valence-electron chi connectivity index (χ4n) is 2.82. The van der Waals surface area contributed by atoms with Gasteiger partial charge in [0.1, 0.15) is 18.4 Å². The maximum Gasteiger partial charge on any atom is 0.328 e. The first-order chi connectivity index (χ1) is 14.4. The van der Waals surface area contributed by atoms with Gasteiger partial charge in [0, 0.05) is 5.56 Å². The Morgan fingerprint density at radius 1 is 1.20 bits per heavy atom. The largest absolute Gasteiger partial charge is 0.489 e. The molecule has 0 radical (unpaired) electrons. The number of carbonyl (C=O) groups excluding carboxylic acids is 3. The molecule has 152 valence electrons. The molecular formula is C22H18N2O5S. The third-order valence-corrected chi connectivity index (χ3v) is 5.35. The van der Waals surface area contributed by atoms with Crippen molar-refractivity contribution in [2.24, 2.45) is 0 Å². The van der Waals surface area contributed by atoms with Crippen molar-refractivity contribution in [3.05, 3.63) is 70.1 Å². The Kier molecular flexibility index (Phi) is 6.54. The molecule has 0 spiro atoms. The molecule has 1 aliphatic heterocycles. The van der Waals surface area contributed by atoms with Crippen molar-refractivity contribution in [1.29, 1.82) is 5.26 Å². The summed E-state index contributed by atoms with van der Waals surface area (Å²) in [6.07, 6.45) is 1.59. The second kappa shape index (κ2) is 9.29. The normalized spacial score (nSPS) is 15.8. The minimum atomic E-state index is -0.986. The molecule has 2 aromatic carbocycles. The lowest BCUT2D eigenvalue weighted by Gasteiger charge is -2.18. The van der Waals surface area contributed by atoms with Gasteiger partial charge in [-0.05, 0) is 48.5 Å². The van der Waals surface area contributed by atoms with Gasteiger partial charge >= 0.3 is 5.97 Å². The van der Waals surface area contributed by atoms with Gasteiger partial charge in [-0.15, -0.1) is 0 Å². The van der Waals surface area contributed by atoms with Crippen LogP contribution in [0.15, 0.2) is 53.4 Å². The number of amides is 2. The predicted octanol–water partition coefficient (Wildman–Crippen LogP) is 3.74. The Morgan fingerprint density at radius 3 is 2.57 bits per heavy atom. The van der Waals surface area contributed by atoms with Crippen LogP contribution in [0.25, 0.3) is 6.08 Å². The Bertz CT molecular complexity index is 1060. The van der Waals surface area contributed by atoms with E-state index in [1.165, 1.54) is 14.0 Å². The van der Waals surface area contributed by atoms with Crippen molar-refractivity contribution in [3.63, 3.8) is 0 Å². The van der Waals surface area contributed by atoms with Gasteiger partial charge in [0.05, 0.1) is 23.6 Å². The van der Waals surface area contributed by atoms with Gasteiger partial charge in [0.2, 0.25) is 0 Å². The summed E-state index contributed by atoms with van der Waals surface area (Å²) in [5.74, 6) is -0.582. The topological polar surface area (TPSA) is 96.7 Å². The highest BCUT2D eigenvalue weighted by molar-refractivity contribution is 8.18. The summed E-state index contributed by atoms with van der Waals surface area (Å²) in [6, 6.07) is 15.3. The number of nitriles is 1. The standard InChI is InChI=1S/C22H18N2O5S/c1-14(21(26)28-2)24-20(25)19(30-22(24)27)11-15-7-9-18(10-8-15)29-13-17-6-4-3-5-16(17)12-23/h3-11,14H,13H2,1-2H3/b19-11+/t14-/m0/s1. The minimum absolute atomic E-state index is 0.229. The fraction of sp³-hybridized carbons (Fsp3) is 0.182. The van der Waals surface area contributed by atoms with E-state index in [0.29, 0.717) is 16.9 Å². The molecule has 0 bridgehead atoms. The van der Waals surface area contributed by atoms with Crippen LogP contribution in [-0.2, 0) is 20.9 Å². The van der Waals surface area contributed by atoms with E-state index < -0.39 is 23.2 Å². The van der Waals surface area contributed by atoms with Gasteiger partial charge in [0.15, 0.2) is 0 Å². The predicted molar refractivity (Wildman–Crippen MR) is 111 cm³/mol. The Balaban J connectivity index is 1.69. The lowest BCUT2D eigenvalue weighted by Crippen LogP contribution is -2.42. The van der Waals surface area contributed by atoms with Gasteiger partial charge in [-0.1, -0.05) is 30.3 Å². The summed E-state index contributed by atoms with van der Waals surface area (Å²) in [4.78, 5) is 37.5. The first-order valence-electron chi connectivity index (χ1n) is 9.00. The molecule has 0 unspecified atom stereocenters. The molecule has 1 saturated heterocycles. The fourth-order valence-corrected chi connectivity index (χ4v) is 3.73. The van der Waals surface area contributed by atoms with E-state index in [0.717, 1.165) is 22.2 Å². The highest BCUT2D eigenvalue weighted by atomic mass is 32.2. The molecule has 3 rings (SSSR count). The van der Waals surface area contributed by atoms with Crippen LogP contribution < -0.4 is 4.74 Å². The summed E-state index contributed by atoms with van der Waals surface area (Å²) in [5.41, 5.74) is 2.06. The average Bonchev–Trinajstić information content (AvgIpc) is 3.05. The average molecular weight is 422 g/mol. The molecule has 2 amide bonds. The number of benzene rings is 2. The molecule has 1 aliphatic rings. The lowest BCUT2D eigenvalue weighted by atomic mass is 10.1. The molecule has 0 aromatic heterocycles. The van der Waals surface area contributed by atoms with Crippen LogP contribution in [0.4, 0.5) is 4.79 Å². The second-order valence-corrected chi connectivity index (χ2v) is 7.37. The molecule has 7 nitrogen and oxygen atoms in total. The second-order valence-electron chi connectivity index (χ2n) is 6.38. The molecule has 30 heavy (non-hydrogen) atoms. The molecular weight excluding hydrogens is 404 g/mol. The van der Waals surface area contributed by atoms with Crippen molar-refractivity contribution < 1.29 is 23.9 Å². The number of hydrogen-bond donors (Lipinski definition) is 0. The third kappa shape index (κ3) is 4.53. The number of methoxy groups -OCH3 is 1. The third-order valence-electron chi connectivity index (χ3n) is 4.46. The zero-order chi connectivity index (χ0) is 21.7.